The van der Waals surface area contributed by atoms with E-state index in [2.05, 4.69) is 9.97 Å². The molecule has 6 heteroatoms. The molecule has 0 spiro atoms. The van der Waals surface area contributed by atoms with Crippen molar-refractivity contribution in [1.82, 2.24) is 9.97 Å². The molecule has 0 saturated carbocycles. The first-order valence-electron chi connectivity index (χ1n) is 6.93. The summed E-state index contributed by atoms with van der Waals surface area (Å²) in [5.74, 6) is -0.101. The van der Waals surface area contributed by atoms with E-state index in [1.54, 1.807) is 12.4 Å². The Bertz CT molecular complexity index is 607. The summed E-state index contributed by atoms with van der Waals surface area (Å²) >= 11 is 0. The van der Waals surface area contributed by atoms with Gasteiger partial charge in [0.05, 0.1) is 11.7 Å². The molecule has 1 heterocycles. The predicted molar refractivity (Wildman–Crippen MR) is 76.8 cm³/mol. The van der Waals surface area contributed by atoms with E-state index in [-0.39, 0.29) is 12.0 Å². The number of hydrogen-bond acceptors (Lipinski definition) is 3. The van der Waals surface area contributed by atoms with Crippen LogP contribution in [0.1, 0.15) is 43.4 Å². The third-order valence-corrected chi connectivity index (χ3v) is 3.23. The normalized spacial score (nSPS) is 13.2. The molecule has 2 rings (SSSR count). The molecule has 0 radical (unpaired) electrons. The Labute approximate surface area is 127 Å². The lowest BCUT2D eigenvalue weighted by atomic mass is 9.94. The van der Waals surface area contributed by atoms with E-state index >= 15 is 0 Å². The number of halogens is 3. The van der Waals surface area contributed by atoms with Gasteiger partial charge in [-0.1, -0.05) is 19.1 Å². The van der Waals surface area contributed by atoms with Crippen LogP contribution in [0, 0.1) is 0 Å². The molecule has 1 unspecified atom stereocenters. The lowest BCUT2D eigenvalue weighted by Crippen LogP contribution is -2.09. The highest BCUT2D eigenvalue weighted by Crippen LogP contribution is 2.31. The van der Waals surface area contributed by atoms with Crippen LogP contribution in [0.25, 0.3) is 0 Å². The molecule has 2 aromatic rings. The van der Waals surface area contributed by atoms with Crippen LogP contribution in [0.5, 0.6) is 6.01 Å². The van der Waals surface area contributed by atoms with E-state index in [1.165, 1.54) is 12.1 Å². The van der Waals surface area contributed by atoms with Crippen molar-refractivity contribution >= 4 is 0 Å². The van der Waals surface area contributed by atoms with Crippen LogP contribution in [0.2, 0.25) is 0 Å². The molecule has 0 saturated heterocycles. The summed E-state index contributed by atoms with van der Waals surface area (Å²) < 4.78 is 43.0. The third kappa shape index (κ3) is 3.96. The molecule has 118 valence electrons. The van der Waals surface area contributed by atoms with Crippen LogP contribution in [0.3, 0.4) is 0 Å². The molecule has 3 nitrogen and oxygen atoms in total. The van der Waals surface area contributed by atoms with Crippen LogP contribution in [0.4, 0.5) is 13.2 Å². The Morgan fingerprint density at radius 1 is 0.909 bits per heavy atom. The first-order chi connectivity index (χ1) is 10.3. The largest absolute Gasteiger partial charge is 0.461 e. The molecule has 0 aliphatic carbocycles. The van der Waals surface area contributed by atoms with Gasteiger partial charge in [0.2, 0.25) is 0 Å². The van der Waals surface area contributed by atoms with Crippen LogP contribution < -0.4 is 4.74 Å². The zero-order valence-corrected chi connectivity index (χ0v) is 12.6. The quantitative estimate of drug-likeness (QED) is 0.837. The maximum Gasteiger partial charge on any atom is 0.416 e. The molecule has 0 fully saturated rings. The second-order valence-electron chi connectivity index (χ2n) is 5.31. The van der Waals surface area contributed by atoms with Gasteiger partial charge in [0.25, 0.3) is 0 Å². The number of alkyl halides is 3. The molecular weight excluding hydrogens is 293 g/mol. The molecule has 0 N–H and O–H groups in total. The standard InChI is InChI=1S/C16H17F3N2O/c1-10(2)22-15-20-8-13(9-21-15)11(3)12-4-6-14(7-5-12)16(17,18)19/h4-11H,1-3H3. The van der Waals surface area contributed by atoms with Gasteiger partial charge in [-0.3, -0.25) is 0 Å². The van der Waals surface area contributed by atoms with Crippen LogP contribution in [0.15, 0.2) is 36.7 Å². The maximum atomic E-state index is 12.6. The van der Waals surface area contributed by atoms with E-state index in [0.29, 0.717) is 6.01 Å². The molecular formula is C16H17F3N2O. The smallest absolute Gasteiger partial charge is 0.416 e. The second-order valence-corrected chi connectivity index (χ2v) is 5.31. The van der Waals surface area contributed by atoms with Gasteiger partial charge in [-0.2, -0.15) is 13.2 Å². The number of hydrogen-bond donors (Lipinski definition) is 0. The van der Waals surface area contributed by atoms with Gasteiger partial charge >= 0.3 is 12.2 Å². The van der Waals surface area contributed by atoms with Gasteiger partial charge in [-0.15, -0.1) is 0 Å². The lowest BCUT2D eigenvalue weighted by Gasteiger charge is -2.14. The fourth-order valence-corrected chi connectivity index (χ4v) is 1.97. The highest BCUT2D eigenvalue weighted by molar-refractivity contribution is 5.32. The number of benzene rings is 1. The highest BCUT2D eigenvalue weighted by Gasteiger charge is 2.30. The third-order valence-electron chi connectivity index (χ3n) is 3.23. The first kappa shape index (κ1) is 16.3. The van der Waals surface area contributed by atoms with E-state index < -0.39 is 11.7 Å². The maximum absolute atomic E-state index is 12.6. The Morgan fingerprint density at radius 3 is 1.91 bits per heavy atom. The summed E-state index contributed by atoms with van der Waals surface area (Å²) in [6.45, 7) is 5.65. The number of aromatic nitrogens is 2. The van der Waals surface area contributed by atoms with E-state index in [9.17, 15) is 13.2 Å². The minimum absolute atomic E-state index is 0.0156. The molecule has 0 amide bonds. The van der Waals surface area contributed by atoms with Crippen molar-refractivity contribution in [3.8, 4) is 6.01 Å². The SMILES string of the molecule is CC(C)Oc1ncc(C(C)c2ccc(C(F)(F)F)cc2)cn1. The summed E-state index contributed by atoms with van der Waals surface area (Å²) in [6, 6.07) is 5.42. The Balaban J connectivity index is 2.15. The average molecular weight is 310 g/mol. The zero-order chi connectivity index (χ0) is 16.3. The van der Waals surface area contributed by atoms with Gasteiger partial charge in [-0.05, 0) is 37.1 Å². The fraction of sp³-hybridized carbons (Fsp3) is 0.375. The van der Waals surface area contributed by atoms with Gasteiger partial charge in [0, 0.05) is 18.3 Å². The fourth-order valence-electron chi connectivity index (χ4n) is 1.97. The van der Waals surface area contributed by atoms with E-state index in [1.807, 2.05) is 20.8 Å². The van der Waals surface area contributed by atoms with Crippen molar-refractivity contribution in [2.45, 2.75) is 39.0 Å². The van der Waals surface area contributed by atoms with Crippen molar-refractivity contribution in [3.63, 3.8) is 0 Å². The molecule has 1 aromatic carbocycles. The minimum atomic E-state index is -4.32. The van der Waals surface area contributed by atoms with Gasteiger partial charge in [0.15, 0.2) is 0 Å². The average Bonchev–Trinajstić information content (AvgIpc) is 2.46. The molecule has 1 atom stereocenters. The van der Waals surface area contributed by atoms with Crippen LogP contribution in [-0.2, 0) is 6.18 Å². The molecule has 0 bridgehead atoms. The molecule has 1 aromatic heterocycles. The van der Waals surface area contributed by atoms with Crippen molar-refractivity contribution < 1.29 is 17.9 Å². The summed E-state index contributed by atoms with van der Waals surface area (Å²) in [6.07, 6.45) is -1.07. The van der Waals surface area contributed by atoms with Crippen molar-refractivity contribution in [2.75, 3.05) is 0 Å². The van der Waals surface area contributed by atoms with Crippen molar-refractivity contribution in [2.24, 2.45) is 0 Å². The van der Waals surface area contributed by atoms with Crippen molar-refractivity contribution in [1.29, 1.82) is 0 Å². The lowest BCUT2D eigenvalue weighted by molar-refractivity contribution is -0.137. The van der Waals surface area contributed by atoms with Gasteiger partial charge in [-0.25, -0.2) is 9.97 Å². The molecule has 22 heavy (non-hydrogen) atoms. The first-order valence-corrected chi connectivity index (χ1v) is 6.93. The minimum Gasteiger partial charge on any atom is -0.461 e. The molecule has 0 aliphatic heterocycles. The van der Waals surface area contributed by atoms with Gasteiger partial charge < -0.3 is 4.74 Å². The predicted octanol–water partition coefficient (Wildman–Crippen LogP) is 4.43. The highest BCUT2D eigenvalue weighted by atomic mass is 19.4. The number of rotatable bonds is 4. The summed E-state index contributed by atoms with van der Waals surface area (Å²) in [5.41, 5.74) is 0.936. The second kappa shape index (κ2) is 6.34. The van der Waals surface area contributed by atoms with Gasteiger partial charge in [0.1, 0.15) is 0 Å². The Kier molecular flexibility index (Phi) is 4.68. The monoisotopic (exact) mass is 310 g/mol. The van der Waals surface area contributed by atoms with E-state index in [4.69, 9.17) is 4.74 Å². The topological polar surface area (TPSA) is 35.0 Å². The van der Waals surface area contributed by atoms with Crippen LogP contribution in [-0.4, -0.2) is 16.1 Å². The number of nitrogens with zero attached hydrogens (tertiary/aromatic N) is 2. The van der Waals surface area contributed by atoms with Crippen molar-refractivity contribution in [3.05, 3.63) is 53.3 Å². The molecule has 0 aliphatic rings. The summed E-state index contributed by atoms with van der Waals surface area (Å²) in [4.78, 5) is 8.22. The van der Waals surface area contributed by atoms with E-state index in [0.717, 1.165) is 23.3 Å². The zero-order valence-electron chi connectivity index (χ0n) is 12.6. The number of ether oxygens (including phenoxy) is 1. The Morgan fingerprint density at radius 2 is 1.45 bits per heavy atom. The Hall–Kier alpha value is -2.11. The van der Waals surface area contributed by atoms with Crippen LogP contribution >= 0.6 is 0 Å². The summed E-state index contributed by atoms with van der Waals surface area (Å²) in [5, 5.41) is 0. The summed E-state index contributed by atoms with van der Waals surface area (Å²) in [7, 11) is 0.